The molecule has 1 fully saturated rings. The average molecular weight is 390 g/mol. The van der Waals surface area contributed by atoms with Crippen LogP contribution >= 0.6 is 39.7 Å². The standard InChI is InChI=1S/C15H18BrClN2OS/c1-9-4-6-15(7-5-9,14(18)21)19-13(20)11-8-10(17)2-3-12(11)16/h2-3,8-9H,4-7H2,1H3,(H2,18,21)(H,19,20). The minimum Gasteiger partial charge on any atom is -0.391 e. The number of hydrogen-bond donors (Lipinski definition) is 2. The van der Waals surface area contributed by atoms with Crippen molar-refractivity contribution in [3.05, 3.63) is 33.3 Å². The van der Waals surface area contributed by atoms with Crippen molar-refractivity contribution >= 4 is 50.6 Å². The number of halogens is 2. The summed E-state index contributed by atoms with van der Waals surface area (Å²) < 4.78 is 0.701. The zero-order chi connectivity index (χ0) is 15.6. The molecule has 0 aliphatic heterocycles. The van der Waals surface area contributed by atoms with Gasteiger partial charge in [0, 0.05) is 9.50 Å². The largest absolute Gasteiger partial charge is 0.391 e. The third-order valence-electron chi connectivity index (χ3n) is 4.13. The van der Waals surface area contributed by atoms with Gasteiger partial charge in [0.15, 0.2) is 0 Å². The van der Waals surface area contributed by atoms with Crippen LogP contribution in [0, 0.1) is 5.92 Å². The molecule has 0 saturated heterocycles. The first-order chi connectivity index (χ1) is 9.84. The predicted octanol–water partition coefficient (Wildman–Crippen LogP) is 4.07. The lowest BCUT2D eigenvalue weighted by molar-refractivity contribution is 0.0900. The van der Waals surface area contributed by atoms with Crippen LogP contribution in [0.3, 0.4) is 0 Å². The third-order valence-corrected chi connectivity index (χ3v) is 5.44. The summed E-state index contributed by atoms with van der Waals surface area (Å²) in [5, 5.41) is 3.56. The Morgan fingerprint density at radius 1 is 1.48 bits per heavy atom. The monoisotopic (exact) mass is 388 g/mol. The van der Waals surface area contributed by atoms with Crippen LogP contribution in [0.2, 0.25) is 5.02 Å². The lowest BCUT2D eigenvalue weighted by atomic mass is 9.77. The van der Waals surface area contributed by atoms with Gasteiger partial charge in [0.2, 0.25) is 0 Å². The van der Waals surface area contributed by atoms with Crippen molar-refractivity contribution in [2.24, 2.45) is 11.7 Å². The summed E-state index contributed by atoms with van der Waals surface area (Å²) in [6.45, 7) is 2.21. The topological polar surface area (TPSA) is 55.1 Å². The van der Waals surface area contributed by atoms with Crippen LogP contribution in [0.4, 0.5) is 0 Å². The van der Waals surface area contributed by atoms with Crippen LogP contribution in [0.15, 0.2) is 22.7 Å². The highest BCUT2D eigenvalue weighted by Gasteiger charge is 2.38. The second-order valence-corrected chi connectivity index (χ2v) is 7.44. The third kappa shape index (κ3) is 3.76. The van der Waals surface area contributed by atoms with Gasteiger partial charge < -0.3 is 11.1 Å². The molecule has 0 spiro atoms. The molecule has 0 heterocycles. The first-order valence-electron chi connectivity index (χ1n) is 6.91. The Labute approximate surface area is 143 Å². The Morgan fingerprint density at radius 2 is 2.10 bits per heavy atom. The van der Waals surface area contributed by atoms with Crippen molar-refractivity contribution in [1.82, 2.24) is 5.32 Å². The Hall–Kier alpha value is -0.650. The van der Waals surface area contributed by atoms with E-state index in [1.54, 1.807) is 18.2 Å². The van der Waals surface area contributed by atoms with Gasteiger partial charge in [-0.2, -0.15) is 0 Å². The lowest BCUT2D eigenvalue weighted by Crippen LogP contribution is -2.58. The molecule has 3 nitrogen and oxygen atoms in total. The first kappa shape index (κ1) is 16.7. The van der Waals surface area contributed by atoms with E-state index in [9.17, 15) is 4.79 Å². The minimum absolute atomic E-state index is 0.202. The van der Waals surface area contributed by atoms with Gasteiger partial charge in [-0.05, 0) is 65.7 Å². The maximum Gasteiger partial charge on any atom is 0.253 e. The van der Waals surface area contributed by atoms with E-state index in [4.69, 9.17) is 29.6 Å². The van der Waals surface area contributed by atoms with Crippen molar-refractivity contribution < 1.29 is 4.79 Å². The fraction of sp³-hybridized carbons (Fsp3) is 0.467. The molecule has 1 amide bonds. The summed E-state index contributed by atoms with van der Waals surface area (Å²) in [7, 11) is 0. The molecule has 0 unspecified atom stereocenters. The number of amides is 1. The highest BCUT2D eigenvalue weighted by Crippen LogP contribution is 2.33. The van der Waals surface area contributed by atoms with Crippen molar-refractivity contribution in [2.45, 2.75) is 38.1 Å². The van der Waals surface area contributed by atoms with Crippen molar-refractivity contribution in [3.8, 4) is 0 Å². The van der Waals surface area contributed by atoms with E-state index in [0.717, 1.165) is 25.7 Å². The molecule has 1 aliphatic carbocycles. The van der Waals surface area contributed by atoms with Crippen LogP contribution in [0.1, 0.15) is 43.0 Å². The molecule has 21 heavy (non-hydrogen) atoms. The summed E-state index contributed by atoms with van der Waals surface area (Å²) in [6.07, 6.45) is 3.59. The summed E-state index contributed by atoms with van der Waals surface area (Å²) in [4.78, 5) is 12.9. The molecule has 6 heteroatoms. The summed E-state index contributed by atoms with van der Waals surface area (Å²) in [5.74, 6) is 0.439. The van der Waals surface area contributed by atoms with E-state index < -0.39 is 5.54 Å². The quantitative estimate of drug-likeness (QED) is 0.766. The normalized spacial score (nSPS) is 25.4. The lowest BCUT2D eigenvalue weighted by Gasteiger charge is -2.39. The molecule has 2 rings (SSSR count). The Morgan fingerprint density at radius 3 is 2.67 bits per heavy atom. The van der Waals surface area contributed by atoms with Crippen LogP contribution in [0.25, 0.3) is 0 Å². The zero-order valence-electron chi connectivity index (χ0n) is 11.8. The van der Waals surface area contributed by atoms with Gasteiger partial charge >= 0.3 is 0 Å². The number of nitrogens with two attached hydrogens (primary N) is 1. The number of thiocarbonyl (C=S) groups is 1. The Kier molecular flexibility index (Phi) is 5.28. The molecule has 0 radical (unpaired) electrons. The fourth-order valence-corrected chi connectivity index (χ4v) is 3.50. The number of rotatable bonds is 3. The van der Waals surface area contributed by atoms with E-state index in [2.05, 4.69) is 28.2 Å². The minimum atomic E-state index is -0.583. The molecule has 3 N–H and O–H groups in total. The average Bonchev–Trinajstić information content (AvgIpc) is 2.44. The first-order valence-corrected chi connectivity index (χ1v) is 8.49. The molecular formula is C15H18BrClN2OS. The Balaban J connectivity index is 2.23. The predicted molar refractivity (Wildman–Crippen MR) is 93.8 cm³/mol. The maximum atomic E-state index is 12.6. The second-order valence-electron chi connectivity index (χ2n) is 5.71. The number of hydrogen-bond acceptors (Lipinski definition) is 2. The zero-order valence-corrected chi connectivity index (χ0v) is 14.9. The molecule has 1 saturated carbocycles. The van der Waals surface area contributed by atoms with Gasteiger partial charge in [-0.15, -0.1) is 0 Å². The molecule has 1 aromatic rings. The van der Waals surface area contributed by atoms with Gasteiger partial charge in [0.05, 0.1) is 16.1 Å². The molecule has 0 bridgehead atoms. The molecule has 0 aromatic heterocycles. The number of carbonyl (C=O) groups is 1. The van der Waals surface area contributed by atoms with Crippen LogP contribution in [-0.4, -0.2) is 16.4 Å². The Bertz CT molecular complexity index is 571. The van der Waals surface area contributed by atoms with Crippen LogP contribution in [-0.2, 0) is 0 Å². The van der Waals surface area contributed by atoms with Crippen molar-refractivity contribution in [3.63, 3.8) is 0 Å². The summed E-state index contributed by atoms with van der Waals surface area (Å²) in [6, 6.07) is 5.13. The molecule has 1 aromatic carbocycles. The van der Waals surface area contributed by atoms with Gasteiger partial charge in [0.1, 0.15) is 0 Å². The van der Waals surface area contributed by atoms with Crippen molar-refractivity contribution in [2.75, 3.05) is 0 Å². The molecule has 0 atom stereocenters. The van der Waals surface area contributed by atoms with Gasteiger partial charge in [-0.25, -0.2) is 0 Å². The maximum absolute atomic E-state index is 12.6. The molecular weight excluding hydrogens is 372 g/mol. The summed E-state index contributed by atoms with van der Waals surface area (Å²) >= 11 is 14.6. The smallest absolute Gasteiger partial charge is 0.253 e. The molecule has 114 valence electrons. The number of nitrogens with one attached hydrogen (secondary N) is 1. The van der Waals surface area contributed by atoms with E-state index in [-0.39, 0.29) is 5.91 Å². The van der Waals surface area contributed by atoms with Crippen LogP contribution in [0.5, 0.6) is 0 Å². The SMILES string of the molecule is CC1CCC(NC(=O)c2cc(Cl)ccc2Br)(C(N)=S)CC1. The van der Waals surface area contributed by atoms with E-state index >= 15 is 0 Å². The van der Waals surface area contributed by atoms with Gasteiger partial charge in [-0.1, -0.05) is 30.7 Å². The van der Waals surface area contributed by atoms with Crippen molar-refractivity contribution in [1.29, 1.82) is 0 Å². The number of benzene rings is 1. The fourth-order valence-electron chi connectivity index (χ4n) is 2.64. The molecule has 1 aliphatic rings. The van der Waals surface area contributed by atoms with E-state index in [1.807, 2.05) is 0 Å². The van der Waals surface area contributed by atoms with Gasteiger partial charge in [-0.3, -0.25) is 4.79 Å². The van der Waals surface area contributed by atoms with Gasteiger partial charge in [0.25, 0.3) is 5.91 Å². The second kappa shape index (κ2) is 6.63. The van der Waals surface area contributed by atoms with Crippen LogP contribution < -0.4 is 11.1 Å². The van der Waals surface area contributed by atoms with E-state index in [1.165, 1.54) is 0 Å². The highest BCUT2D eigenvalue weighted by atomic mass is 79.9. The highest BCUT2D eigenvalue weighted by molar-refractivity contribution is 9.10. The number of carbonyl (C=O) groups excluding carboxylic acids is 1. The summed E-state index contributed by atoms with van der Waals surface area (Å²) in [5.41, 5.74) is 5.84. The van der Waals surface area contributed by atoms with E-state index in [0.29, 0.717) is 26.0 Å².